The molecule has 0 aliphatic heterocycles. The van der Waals surface area contributed by atoms with Crippen LogP contribution in [-0.4, -0.2) is 11.7 Å². The van der Waals surface area contributed by atoms with Crippen molar-refractivity contribution in [3.8, 4) is 5.75 Å². The smallest absolute Gasteiger partial charge is 0.172 e. The highest BCUT2D eigenvalue weighted by atomic mass is 79.9. The van der Waals surface area contributed by atoms with E-state index >= 15 is 0 Å². The summed E-state index contributed by atoms with van der Waals surface area (Å²) in [5, 5.41) is 10.3. The third-order valence-electron chi connectivity index (χ3n) is 2.78. The SMILES string of the molecule is CCOc1ccc(Br)c(C(O)c2ccccc2)c1F. The Hall–Kier alpha value is -1.39. The van der Waals surface area contributed by atoms with Crippen molar-refractivity contribution in [2.24, 2.45) is 0 Å². The van der Waals surface area contributed by atoms with Gasteiger partial charge >= 0.3 is 0 Å². The molecule has 0 spiro atoms. The van der Waals surface area contributed by atoms with Crippen molar-refractivity contribution in [3.63, 3.8) is 0 Å². The van der Waals surface area contributed by atoms with Gasteiger partial charge in [0.05, 0.1) is 6.61 Å². The van der Waals surface area contributed by atoms with Gasteiger partial charge in [0.2, 0.25) is 0 Å². The van der Waals surface area contributed by atoms with Crippen molar-refractivity contribution in [3.05, 3.63) is 63.9 Å². The minimum atomic E-state index is -1.03. The van der Waals surface area contributed by atoms with Crippen molar-refractivity contribution < 1.29 is 14.2 Å². The second-order valence-corrected chi connectivity index (χ2v) is 4.87. The molecule has 0 amide bonds. The molecule has 0 aliphatic rings. The lowest BCUT2D eigenvalue weighted by atomic mass is 10.0. The summed E-state index contributed by atoms with van der Waals surface area (Å²) in [6.07, 6.45) is -1.03. The quantitative estimate of drug-likeness (QED) is 0.918. The molecular weight excluding hydrogens is 311 g/mol. The maximum absolute atomic E-state index is 14.3. The molecule has 0 radical (unpaired) electrons. The van der Waals surface area contributed by atoms with Gasteiger partial charge in [-0.15, -0.1) is 0 Å². The van der Waals surface area contributed by atoms with E-state index in [0.717, 1.165) is 0 Å². The number of halogens is 2. The highest BCUT2D eigenvalue weighted by Gasteiger charge is 2.21. The van der Waals surface area contributed by atoms with E-state index in [1.807, 2.05) is 6.07 Å². The molecule has 100 valence electrons. The average molecular weight is 325 g/mol. The molecule has 0 aromatic heterocycles. The van der Waals surface area contributed by atoms with Crippen molar-refractivity contribution in [1.82, 2.24) is 0 Å². The molecule has 1 atom stereocenters. The second kappa shape index (κ2) is 6.17. The Kier molecular flexibility index (Phi) is 4.56. The Balaban J connectivity index is 2.46. The summed E-state index contributed by atoms with van der Waals surface area (Å²) < 4.78 is 20.1. The van der Waals surface area contributed by atoms with Crippen molar-refractivity contribution in [2.45, 2.75) is 13.0 Å². The lowest BCUT2D eigenvalue weighted by molar-refractivity contribution is 0.211. The van der Waals surface area contributed by atoms with E-state index in [0.29, 0.717) is 16.6 Å². The molecule has 1 unspecified atom stereocenters. The Labute approximate surface area is 120 Å². The Bertz CT molecular complexity index is 558. The van der Waals surface area contributed by atoms with Crippen LogP contribution in [-0.2, 0) is 0 Å². The Morgan fingerprint density at radius 2 is 1.89 bits per heavy atom. The Morgan fingerprint density at radius 3 is 2.53 bits per heavy atom. The summed E-state index contributed by atoms with van der Waals surface area (Å²) in [4.78, 5) is 0. The van der Waals surface area contributed by atoms with Gasteiger partial charge in [0.25, 0.3) is 0 Å². The molecule has 4 heteroatoms. The number of hydrogen-bond donors (Lipinski definition) is 1. The first kappa shape index (κ1) is 14.0. The molecule has 2 aromatic carbocycles. The average Bonchev–Trinajstić information content (AvgIpc) is 2.43. The first-order valence-corrected chi connectivity index (χ1v) is 6.78. The second-order valence-electron chi connectivity index (χ2n) is 4.02. The molecule has 0 fully saturated rings. The van der Waals surface area contributed by atoms with E-state index < -0.39 is 11.9 Å². The standard InChI is InChI=1S/C15H14BrFO2/c1-2-19-12-9-8-11(16)13(14(12)17)15(18)10-6-4-3-5-7-10/h3-9,15,18H,2H2,1H3. The molecule has 0 heterocycles. The molecular formula is C15H14BrFO2. The van der Waals surface area contributed by atoms with E-state index in [-0.39, 0.29) is 11.3 Å². The van der Waals surface area contributed by atoms with Crippen LogP contribution in [0.2, 0.25) is 0 Å². The first-order valence-electron chi connectivity index (χ1n) is 5.98. The van der Waals surface area contributed by atoms with Gasteiger partial charge in [-0.1, -0.05) is 46.3 Å². The van der Waals surface area contributed by atoms with Gasteiger partial charge in [-0.3, -0.25) is 0 Å². The molecule has 0 bridgehead atoms. The summed E-state index contributed by atoms with van der Waals surface area (Å²) in [6, 6.07) is 12.2. The van der Waals surface area contributed by atoms with Crippen LogP contribution in [0.4, 0.5) is 4.39 Å². The number of benzene rings is 2. The number of ether oxygens (including phenoxy) is 1. The largest absolute Gasteiger partial charge is 0.491 e. The molecule has 0 saturated carbocycles. The van der Waals surface area contributed by atoms with Gasteiger partial charge in [-0.05, 0) is 24.6 Å². The molecule has 0 aliphatic carbocycles. The van der Waals surface area contributed by atoms with Crippen LogP contribution in [0.3, 0.4) is 0 Å². The minimum absolute atomic E-state index is 0.149. The summed E-state index contributed by atoms with van der Waals surface area (Å²) in [7, 11) is 0. The van der Waals surface area contributed by atoms with Crippen LogP contribution in [0.1, 0.15) is 24.2 Å². The van der Waals surface area contributed by atoms with Gasteiger partial charge in [0, 0.05) is 10.0 Å². The zero-order valence-electron chi connectivity index (χ0n) is 10.4. The van der Waals surface area contributed by atoms with Crippen molar-refractivity contribution >= 4 is 15.9 Å². The molecule has 0 saturated heterocycles. The van der Waals surface area contributed by atoms with E-state index in [1.165, 1.54) is 0 Å². The lowest BCUT2D eigenvalue weighted by Crippen LogP contribution is -2.06. The van der Waals surface area contributed by atoms with Crippen LogP contribution in [0.5, 0.6) is 5.75 Å². The minimum Gasteiger partial charge on any atom is -0.491 e. The van der Waals surface area contributed by atoms with E-state index in [1.54, 1.807) is 43.3 Å². The first-order chi connectivity index (χ1) is 9.15. The van der Waals surface area contributed by atoms with Crippen molar-refractivity contribution in [1.29, 1.82) is 0 Å². The molecule has 2 nitrogen and oxygen atoms in total. The van der Waals surface area contributed by atoms with Gasteiger partial charge in [0.15, 0.2) is 11.6 Å². The maximum Gasteiger partial charge on any atom is 0.172 e. The highest BCUT2D eigenvalue weighted by molar-refractivity contribution is 9.10. The number of hydrogen-bond acceptors (Lipinski definition) is 2. The monoisotopic (exact) mass is 324 g/mol. The topological polar surface area (TPSA) is 29.5 Å². The molecule has 1 N–H and O–H groups in total. The predicted octanol–water partition coefficient (Wildman–Crippen LogP) is 4.07. The van der Waals surface area contributed by atoms with Crippen molar-refractivity contribution in [2.75, 3.05) is 6.61 Å². The zero-order valence-corrected chi connectivity index (χ0v) is 12.0. The molecule has 19 heavy (non-hydrogen) atoms. The van der Waals surface area contributed by atoms with Gasteiger partial charge in [0.1, 0.15) is 6.10 Å². The molecule has 2 rings (SSSR count). The van der Waals surface area contributed by atoms with Crippen LogP contribution in [0.25, 0.3) is 0 Å². The maximum atomic E-state index is 14.3. The zero-order chi connectivity index (χ0) is 13.8. The van der Waals surface area contributed by atoms with E-state index in [2.05, 4.69) is 15.9 Å². The normalized spacial score (nSPS) is 12.2. The Morgan fingerprint density at radius 1 is 1.21 bits per heavy atom. The number of rotatable bonds is 4. The fraction of sp³-hybridized carbons (Fsp3) is 0.200. The third kappa shape index (κ3) is 2.96. The van der Waals surface area contributed by atoms with Gasteiger partial charge < -0.3 is 9.84 Å². The predicted molar refractivity (Wildman–Crippen MR) is 75.8 cm³/mol. The van der Waals surface area contributed by atoms with Gasteiger partial charge in [-0.2, -0.15) is 0 Å². The van der Waals surface area contributed by atoms with Crippen LogP contribution < -0.4 is 4.74 Å². The summed E-state index contributed by atoms with van der Waals surface area (Å²) >= 11 is 3.27. The summed E-state index contributed by atoms with van der Waals surface area (Å²) in [6.45, 7) is 2.16. The van der Waals surface area contributed by atoms with E-state index in [9.17, 15) is 9.50 Å². The lowest BCUT2D eigenvalue weighted by Gasteiger charge is -2.16. The fourth-order valence-corrected chi connectivity index (χ4v) is 2.39. The molecule has 2 aromatic rings. The van der Waals surface area contributed by atoms with E-state index in [4.69, 9.17) is 4.74 Å². The number of aliphatic hydroxyl groups is 1. The fourth-order valence-electron chi connectivity index (χ4n) is 1.87. The van der Waals surface area contributed by atoms with Crippen LogP contribution >= 0.6 is 15.9 Å². The number of aliphatic hydroxyl groups excluding tert-OH is 1. The van der Waals surface area contributed by atoms with Crippen LogP contribution in [0, 0.1) is 5.82 Å². The highest BCUT2D eigenvalue weighted by Crippen LogP contribution is 2.35. The summed E-state index contributed by atoms with van der Waals surface area (Å²) in [5.74, 6) is -0.386. The van der Waals surface area contributed by atoms with Gasteiger partial charge in [-0.25, -0.2) is 4.39 Å². The summed E-state index contributed by atoms with van der Waals surface area (Å²) in [5.41, 5.74) is 0.827. The van der Waals surface area contributed by atoms with Crippen LogP contribution in [0.15, 0.2) is 46.9 Å². The third-order valence-corrected chi connectivity index (χ3v) is 3.47.